The lowest BCUT2D eigenvalue weighted by Gasteiger charge is -2.12. The van der Waals surface area contributed by atoms with Crippen LogP contribution in [-0.2, 0) is 6.42 Å². The molecule has 2 N–H and O–H groups in total. The second-order valence-electron chi connectivity index (χ2n) is 5.83. The molecule has 0 saturated carbocycles. The van der Waals surface area contributed by atoms with E-state index in [1.165, 1.54) is 5.56 Å². The standard InChI is InChI=1S/C22H22N2O2/c1-3-16-9-7-8-12-20(16)23-24-22(17-10-5-4-6-11-17)19-14-13-18(26-2)15-21(19)25/h4-15,23,25H,3H2,1-2H3/b24-22-. The topological polar surface area (TPSA) is 53.9 Å². The zero-order chi connectivity index (χ0) is 18.4. The Morgan fingerprint density at radius 2 is 1.73 bits per heavy atom. The van der Waals surface area contributed by atoms with Gasteiger partial charge in [0.1, 0.15) is 17.2 Å². The van der Waals surface area contributed by atoms with Gasteiger partial charge in [-0.25, -0.2) is 0 Å². The molecule has 0 heterocycles. The zero-order valence-electron chi connectivity index (χ0n) is 14.9. The molecule has 0 atom stereocenters. The van der Waals surface area contributed by atoms with E-state index in [9.17, 15) is 5.11 Å². The average molecular weight is 346 g/mol. The van der Waals surface area contributed by atoms with E-state index in [0.717, 1.165) is 17.7 Å². The molecule has 0 aliphatic heterocycles. The Balaban J connectivity index is 2.04. The van der Waals surface area contributed by atoms with Gasteiger partial charge in [-0.1, -0.05) is 55.5 Å². The summed E-state index contributed by atoms with van der Waals surface area (Å²) >= 11 is 0. The van der Waals surface area contributed by atoms with Gasteiger partial charge in [-0.2, -0.15) is 5.10 Å². The number of aryl methyl sites for hydroxylation is 1. The third kappa shape index (κ3) is 3.86. The van der Waals surface area contributed by atoms with Crippen molar-refractivity contribution in [1.82, 2.24) is 0 Å². The number of ether oxygens (including phenoxy) is 1. The fourth-order valence-corrected chi connectivity index (χ4v) is 2.77. The molecule has 3 rings (SSSR count). The van der Waals surface area contributed by atoms with E-state index in [1.807, 2.05) is 60.7 Å². The van der Waals surface area contributed by atoms with Crippen molar-refractivity contribution in [2.75, 3.05) is 12.5 Å². The third-order valence-electron chi connectivity index (χ3n) is 4.19. The number of para-hydroxylation sites is 1. The Bertz CT molecular complexity index is 905. The number of rotatable bonds is 6. The van der Waals surface area contributed by atoms with Gasteiger partial charge in [0.05, 0.1) is 12.8 Å². The third-order valence-corrected chi connectivity index (χ3v) is 4.19. The minimum Gasteiger partial charge on any atom is -0.507 e. The first-order chi connectivity index (χ1) is 12.7. The van der Waals surface area contributed by atoms with E-state index < -0.39 is 0 Å². The Kier molecular flexibility index (Phi) is 5.54. The van der Waals surface area contributed by atoms with Crippen LogP contribution < -0.4 is 10.2 Å². The molecule has 3 aromatic carbocycles. The highest BCUT2D eigenvalue weighted by atomic mass is 16.5. The number of phenols is 1. The number of hydrazone groups is 1. The molecule has 0 aliphatic rings. The number of nitrogens with zero attached hydrogens (tertiary/aromatic N) is 1. The molecule has 0 amide bonds. The average Bonchev–Trinajstić information content (AvgIpc) is 2.70. The minimum atomic E-state index is 0.123. The highest BCUT2D eigenvalue weighted by Gasteiger charge is 2.13. The molecule has 0 fully saturated rings. The minimum absolute atomic E-state index is 0.123. The number of aromatic hydroxyl groups is 1. The van der Waals surface area contributed by atoms with Crippen LogP contribution >= 0.6 is 0 Å². The molecule has 132 valence electrons. The van der Waals surface area contributed by atoms with E-state index >= 15 is 0 Å². The maximum Gasteiger partial charge on any atom is 0.128 e. The number of benzene rings is 3. The lowest BCUT2D eigenvalue weighted by molar-refractivity contribution is 0.407. The van der Waals surface area contributed by atoms with Crippen LogP contribution in [0.5, 0.6) is 11.5 Å². The Labute approximate surface area is 153 Å². The SMILES string of the molecule is CCc1ccccc1N/N=C(/c1ccccc1)c1ccc(OC)cc1O. The van der Waals surface area contributed by atoms with Gasteiger partial charge in [-0.15, -0.1) is 0 Å². The van der Waals surface area contributed by atoms with Crippen LogP contribution in [0.3, 0.4) is 0 Å². The molecule has 4 nitrogen and oxygen atoms in total. The molecular weight excluding hydrogens is 324 g/mol. The highest BCUT2D eigenvalue weighted by Crippen LogP contribution is 2.26. The van der Waals surface area contributed by atoms with Crippen LogP contribution in [0.1, 0.15) is 23.6 Å². The number of anilines is 1. The predicted molar refractivity (Wildman–Crippen MR) is 106 cm³/mol. The maximum atomic E-state index is 10.5. The van der Waals surface area contributed by atoms with Crippen molar-refractivity contribution in [3.8, 4) is 11.5 Å². The maximum absolute atomic E-state index is 10.5. The van der Waals surface area contributed by atoms with Gasteiger partial charge in [0.2, 0.25) is 0 Å². The second kappa shape index (κ2) is 8.21. The van der Waals surface area contributed by atoms with E-state index in [0.29, 0.717) is 17.0 Å². The van der Waals surface area contributed by atoms with Gasteiger partial charge in [-0.05, 0) is 30.2 Å². The fourth-order valence-electron chi connectivity index (χ4n) is 2.77. The van der Waals surface area contributed by atoms with Gasteiger partial charge in [0, 0.05) is 17.2 Å². The lowest BCUT2D eigenvalue weighted by Crippen LogP contribution is -2.07. The molecule has 0 aliphatic carbocycles. The van der Waals surface area contributed by atoms with Crippen LogP contribution in [0.4, 0.5) is 5.69 Å². The smallest absolute Gasteiger partial charge is 0.128 e. The summed E-state index contributed by atoms with van der Waals surface area (Å²) in [4.78, 5) is 0. The summed E-state index contributed by atoms with van der Waals surface area (Å²) in [6.07, 6.45) is 0.910. The Hall–Kier alpha value is -3.27. The predicted octanol–water partition coefficient (Wildman–Crippen LogP) is 4.83. The molecule has 0 unspecified atom stereocenters. The first-order valence-electron chi connectivity index (χ1n) is 8.57. The monoisotopic (exact) mass is 346 g/mol. The normalized spacial score (nSPS) is 11.2. The van der Waals surface area contributed by atoms with Crippen LogP contribution in [0.2, 0.25) is 0 Å². The van der Waals surface area contributed by atoms with Crippen LogP contribution in [-0.4, -0.2) is 17.9 Å². The summed E-state index contributed by atoms with van der Waals surface area (Å²) in [7, 11) is 1.57. The molecule has 0 saturated heterocycles. The van der Waals surface area contributed by atoms with Gasteiger partial charge >= 0.3 is 0 Å². The summed E-state index contributed by atoms with van der Waals surface area (Å²) in [6, 6.07) is 23.1. The summed E-state index contributed by atoms with van der Waals surface area (Å²) < 4.78 is 5.18. The fraction of sp³-hybridized carbons (Fsp3) is 0.136. The van der Waals surface area contributed by atoms with Crippen molar-refractivity contribution in [3.05, 3.63) is 89.5 Å². The summed E-state index contributed by atoms with van der Waals surface area (Å²) in [5.41, 5.74) is 7.51. The van der Waals surface area contributed by atoms with Crippen molar-refractivity contribution < 1.29 is 9.84 Å². The van der Waals surface area contributed by atoms with Crippen LogP contribution in [0.25, 0.3) is 0 Å². The molecular formula is C22H22N2O2. The number of nitrogens with one attached hydrogen (secondary N) is 1. The Morgan fingerprint density at radius 3 is 2.42 bits per heavy atom. The van der Waals surface area contributed by atoms with E-state index in [2.05, 4.69) is 23.5 Å². The lowest BCUT2D eigenvalue weighted by atomic mass is 10.0. The first-order valence-corrected chi connectivity index (χ1v) is 8.57. The molecule has 0 spiro atoms. The van der Waals surface area contributed by atoms with E-state index in [4.69, 9.17) is 4.74 Å². The van der Waals surface area contributed by atoms with Crippen LogP contribution in [0.15, 0.2) is 77.9 Å². The molecule has 26 heavy (non-hydrogen) atoms. The number of hydrogen-bond donors (Lipinski definition) is 2. The Morgan fingerprint density at radius 1 is 1.00 bits per heavy atom. The van der Waals surface area contributed by atoms with Gasteiger partial charge in [0.25, 0.3) is 0 Å². The van der Waals surface area contributed by atoms with Gasteiger partial charge in [-0.3, -0.25) is 5.43 Å². The molecule has 0 bridgehead atoms. The quantitative estimate of drug-likeness (QED) is 0.497. The molecule has 3 aromatic rings. The van der Waals surface area contributed by atoms with Crippen LogP contribution in [0, 0.1) is 0 Å². The zero-order valence-corrected chi connectivity index (χ0v) is 14.9. The first kappa shape index (κ1) is 17.5. The van der Waals surface area contributed by atoms with Crippen molar-refractivity contribution >= 4 is 11.4 Å². The van der Waals surface area contributed by atoms with Crippen molar-refractivity contribution in [2.45, 2.75) is 13.3 Å². The molecule has 0 aromatic heterocycles. The summed E-state index contributed by atoms with van der Waals surface area (Å²) in [6.45, 7) is 2.11. The number of phenolic OH excluding ortho intramolecular Hbond substituents is 1. The van der Waals surface area contributed by atoms with Gasteiger partial charge < -0.3 is 9.84 Å². The van der Waals surface area contributed by atoms with Crippen molar-refractivity contribution in [1.29, 1.82) is 0 Å². The van der Waals surface area contributed by atoms with Gasteiger partial charge in [0.15, 0.2) is 0 Å². The van der Waals surface area contributed by atoms with Crippen molar-refractivity contribution in [2.24, 2.45) is 5.10 Å². The number of methoxy groups -OCH3 is 1. The largest absolute Gasteiger partial charge is 0.507 e. The number of hydrogen-bond acceptors (Lipinski definition) is 4. The highest BCUT2D eigenvalue weighted by molar-refractivity contribution is 6.14. The molecule has 0 radical (unpaired) electrons. The summed E-state index contributed by atoms with van der Waals surface area (Å²) in [5.74, 6) is 0.723. The van der Waals surface area contributed by atoms with Crippen molar-refractivity contribution in [3.63, 3.8) is 0 Å². The molecule has 4 heteroatoms. The second-order valence-corrected chi connectivity index (χ2v) is 5.83. The summed E-state index contributed by atoms with van der Waals surface area (Å²) in [5, 5.41) is 15.1. The van der Waals surface area contributed by atoms with E-state index in [1.54, 1.807) is 13.2 Å². The van der Waals surface area contributed by atoms with E-state index in [-0.39, 0.29) is 5.75 Å².